The van der Waals surface area contributed by atoms with Gasteiger partial charge in [0.15, 0.2) is 0 Å². The second-order valence-electron chi connectivity index (χ2n) is 7.16. The third kappa shape index (κ3) is 4.07. The molecule has 1 unspecified atom stereocenters. The molecule has 3 rings (SSSR count). The molecule has 1 N–H and O–H groups in total. The van der Waals surface area contributed by atoms with E-state index in [0.29, 0.717) is 29.1 Å². The lowest BCUT2D eigenvalue weighted by Crippen LogP contribution is -2.36. The van der Waals surface area contributed by atoms with Crippen LogP contribution in [0.4, 0.5) is 0 Å². The number of hydrogen-bond acceptors (Lipinski definition) is 3. The molecule has 5 nitrogen and oxygen atoms in total. The number of benzene rings is 1. The maximum atomic E-state index is 13.2. The second-order valence-corrected chi connectivity index (χ2v) is 7.16. The molecule has 0 aliphatic carbocycles. The molecule has 1 aliphatic rings. The summed E-state index contributed by atoms with van der Waals surface area (Å²) in [6, 6.07) is 10.6. The van der Waals surface area contributed by atoms with Gasteiger partial charge in [0.1, 0.15) is 5.69 Å². The lowest BCUT2D eigenvalue weighted by atomic mass is 10.0. The molecule has 1 amide bonds. The zero-order valence-electron chi connectivity index (χ0n) is 16.4. The number of carbonyl (C=O) groups excluding carboxylic acids is 2. The van der Waals surface area contributed by atoms with Gasteiger partial charge in [-0.1, -0.05) is 30.3 Å². The Bertz CT molecular complexity index is 810. The van der Waals surface area contributed by atoms with Crippen molar-refractivity contribution in [3.05, 3.63) is 58.4 Å². The molecule has 1 fully saturated rings. The van der Waals surface area contributed by atoms with Gasteiger partial charge in [0.2, 0.25) is 0 Å². The van der Waals surface area contributed by atoms with Crippen molar-refractivity contribution in [2.45, 2.75) is 52.5 Å². The minimum Gasteiger partial charge on any atom is -0.462 e. The van der Waals surface area contributed by atoms with E-state index in [1.54, 1.807) is 6.92 Å². The van der Waals surface area contributed by atoms with Gasteiger partial charge in [-0.3, -0.25) is 4.79 Å². The Hall–Kier alpha value is -2.56. The summed E-state index contributed by atoms with van der Waals surface area (Å²) in [5, 5.41) is 0. The molecule has 1 aromatic carbocycles. The number of nitrogens with one attached hydrogen (secondary N) is 1. The van der Waals surface area contributed by atoms with Crippen LogP contribution in [0.25, 0.3) is 0 Å². The standard InChI is InChI=1S/C22H28N2O3/c1-4-27-22(26)19-15(2)20(23-16(19)3)21(25)24-14-8-11-18(24)13-12-17-9-6-5-7-10-17/h5-7,9-10,18,23H,4,8,11-14H2,1-3H3. The van der Waals surface area contributed by atoms with E-state index in [1.807, 2.05) is 24.8 Å². The van der Waals surface area contributed by atoms with Crippen LogP contribution >= 0.6 is 0 Å². The van der Waals surface area contributed by atoms with Gasteiger partial charge in [0.05, 0.1) is 12.2 Å². The first kappa shape index (κ1) is 19.2. The van der Waals surface area contributed by atoms with E-state index in [0.717, 1.165) is 32.2 Å². The third-order valence-corrected chi connectivity index (χ3v) is 5.38. The Kier molecular flexibility index (Phi) is 5.99. The van der Waals surface area contributed by atoms with Gasteiger partial charge >= 0.3 is 5.97 Å². The van der Waals surface area contributed by atoms with E-state index in [4.69, 9.17) is 4.74 Å². The number of esters is 1. The SMILES string of the molecule is CCOC(=O)c1c(C)[nH]c(C(=O)N2CCCC2CCc2ccccc2)c1C. The van der Waals surface area contributed by atoms with Gasteiger partial charge in [-0.15, -0.1) is 0 Å². The Labute approximate surface area is 160 Å². The Morgan fingerprint density at radius 3 is 2.67 bits per heavy atom. The first-order valence-corrected chi connectivity index (χ1v) is 9.74. The average Bonchev–Trinajstić information content (AvgIpc) is 3.24. The van der Waals surface area contributed by atoms with E-state index < -0.39 is 0 Å². The molecular weight excluding hydrogens is 340 g/mol. The zero-order chi connectivity index (χ0) is 19.4. The van der Waals surface area contributed by atoms with Crippen molar-refractivity contribution in [3.63, 3.8) is 0 Å². The normalized spacial score (nSPS) is 16.6. The highest BCUT2D eigenvalue weighted by Crippen LogP contribution is 2.27. The van der Waals surface area contributed by atoms with Crippen LogP contribution in [-0.2, 0) is 11.2 Å². The Morgan fingerprint density at radius 2 is 1.96 bits per heavy atom. The number of carbonyl (C=O) groups is 2. The lowest BCUT2D eigenvalue weighted by Gasteiger charge is -2.24. The number of aromatic nitrogens is 1. The van der Waals surface area contributed by atoms with Gasteiger partial charge < -0.3 is 14.6 Å². The van der Waals surface area contributed by atoms with Crippen LogP contribution < -0.4 is 0 Å². The highest BCUT2D eigenvalue weighted by Gasteiger charge is 2.32. The van der Waals surface area contributed by atoms with Crippen molar-refractivity contribution in [3.8, 4) is 0 Å². The van der Waals surface area contributed by atoms with Crippen molar-refractivity contribution in [2.24, 2.45) is 0 Å². The summed E-state index contributed by atoms with van der Waals surface area (Å²) in [5.74, 6) is -0.383. The molecule has 0 saturated carbocycles. The quantitative estimate of drug-likeness (QED) is 0.783. The van der Waals surface area contributed by atoms with Crippen molar-refractivity contribution in [1.29, 1.82) is 0 Å². The van der Waals surface area contributed by atoms with Crippen LogP contribution in [0.15, 0.2) is 30.3 Å². The number of aromatic amines is 1. The smallest absolute Gasteiger partial charge is 0.340 e. The fraction of sp³-hybridized carbons (Fsp3) is 0.455. The Morgan fingerprint density at radius 1 is 1.22 bits per heavy atom. The number of amides is 1. The summed E-state index contributed by atoms with van der Waals surface area (Å²) in [5.41, 5.74) is 3.68. The topological polar surface area (TPSA) is 62.4 Å². The van der Waals surface area contributed by atoms with Crippen LogP contribution in [0.5, 0.6) is 0 Å². The largest absolute Gasteiger partial charge is 0.462 e. The highest BCUT2D eigenvalue weighted by molar-refractivity contribution is 6.00. The van der Waals surface area contributed by atoms with Crippen LogP contribution in [0, 0.1) is 13.8 Å². The highest BCUT2D eigenvalue weighted by atomic mass is 16.5. The molecule has 144 valence electrons. The maximum Gasteiger partial charge on any atom is 0.340 e. The predicted octanol–water partition coefficient (Wildman–Crippen LogP) is 4.05. The van der Waals surface area contributed by atoms with E-state index in [2.05, 4.69) is 29.2 Å². The number of nitrogens with zero attached hydrogens (tertiary/aromatic N) is 1. The molecule has 27 heavy (non-hydrogen) atoms. The molecule has 1 saturated heterocycles. The molecule has 5 heteroatoms. The van der Waals surface area contributed by atoms with Crippen LogP contribution in [-0.4, -0.2) is 41.0 Å². The fourth-order valence-corrected chi connectivity index (χ4v) is 4.00. The van der Waals surface area contributed by atoms with E-state index in [9.17, 15) is 9.59 Å². The van der Waals surface area contributed by atoms with Gasteiger partial charge in [0.25, 0.3) is 5.91 Å². The molecule has 2 heterocycles. The number of rotatable bonds is 6. The molecule has 1 atom stereocenters. The second kappa shape index (κ2) is 8.42. The van der Waals surface area contributed by atoms with Crippen LogP contribution in [0.2, 0.25) is 0 Å². The number of aryl methyl sites for hydroxylation is 2. The fourth-order valence-electron chi connectivity index (χ4n) is 4.00. The van der Waals surface area contributed by atoms with Crippen molar-refractivity contribution < 1.29 is 14.3 Å². The number of hydrogen-bond donors (Lipinski definition) is 1. The van der Waals surface area contributed by atoms with E-state index in [-0.39, 0.29) is 17.9 Å². The number of likely N-dealkylation sites (tertiary alicyclic amines) is 1. The summed E-state index contributed by atoms with van der Waals surface area (Å²) in [4.78, 5) is 30.5. The monoisotopic (exact) mass is 368 g/mol. The molecule has 1 aromatic heterocycles. The number of H-pyrrole nitrogens is 1. The lowest BCUT2D eigenvalue weighted by molar-refractivity contribution is 0.0525. The average molecular weight is 368 g/mol. The minimum atomic E-state index is -0.371. The first-order valence-electron chi connectivity index (χ1n) is 9.74. The van der Waals surface area contributed by atoms with E-state index >= 15 is 0 Å². The molecule has 0 bridgehead atoms. The summed E-state index contributed by atoms with van der Waals surface area (Å²) < 4.78 is 5.13. The summed E-state index contributed by atoms with van der Waals surface area (Å²) in [6.07, 6.45) is 3.97. The third-order valence-electron chi connectivity index (χ3n) is 5.38. The van der Waals surface area contributed by atoms with E-state index in [1.165, 1.54) is 5.56 Å². The predicted molar refractivity (Wildman–Crippen MR) is 105 cm³/mol. The molecule has 2 aromatic rings. The van der Waals surface area contributed by atoms with Crippen LogP contribution in [0.3, 0.4) is 0 Å². The summed E-state index contributed by atoms with van der Waals surface area (Å²) in [6.45, 7) is 6.50. The zero-order valence-corrected chi connectivity index (χ0v) is 16.4. The molecule has 0 radical (unpaired) electrons. The van der Waals surface area contributed by atoms with Gasteiger partial charge in [0, 0.05) is 18.3 Å². The van der Waals surface area contributed by atoms with Crippen molar-refractivity contribution >= 4 is 11.9 Å². The van der Waals surface area contributed by atoms with Gasteiger partial charge in [-0.05, 0) is 57.6 Å². The molecular formula is C22H28N2O3. The summed E-state index contributed by atoms with van der Waals surface area (Å²) in [7, 11) is 0. The summed E-state index contributed by atoms with van der Waals surface area (Å²) >= 11 is 0. The van der Waals surface area contributed by atoms with Crippen molar-refractivity contribution in [2.75, 3.05) is 13.2 Å². The maximum absolute atomic E-state index is 13.2. The first-order chi connectivity index (χ1) is 13.0. The van der Waals surface area contributed by atoms with Gasteiger partial charge in [-0.25, -0.2) is 4.79 Å². The molecule has 1 aliphatic heterocycles. The molecule has 0 spiro atoms. The minimum absolute atomic E-state index is 0.0123. The number of ether oxygens (including phenoxy) is 1. The Balaban J connectivity index is 1.74. The van der Waals surface area contributed by atoms with Crippen LogP contribution in [0.1, 0.15) is 63.9 Å². The van der Waals surface area contributed by atoms with Gasteiger partial charge in [-0.2, -0.15) is 0 Å². The van der Waals surface area contributed by atoms with Crippen molar-refractivity contribution in [1.82, 2.24) is 9.88 Å².